The number of anilines is 3. The van der Waals surface area contributed by atoms with Gasteiger partial charge in [-0.3, -0.25) is 10.1 Å². The molecular weight excluding hydrogens is 404 g/mol. The van der Waals surface area contributed by atoms with E-state index in [1.54, 1.807) is 14.2 Å². The summed E-state index contributed by atoms with van der Waals surface area (Å²) in [5.41, 5.74) is 3.66. The Bertz CT molecular complexity index is 1280. The van der Waals surface area contributed by atoms with Crippen molar-refractivity contribution in [1.29, 1.82) is 0 Å². The predicted molar refractivity (Wildman–Crippen MR) is 127 cm³/mol. The summed E-state index contributed by atoms with van der Waals surface area (Å²) in [6.07, 6.45) is 0. The Morgan fingerprint density at radius 3 is 2.25 bits per heavy atom. The Morgan fingerprint density at radius 2 is 1.56 bits per heavy atom. The molecule has 162 valence electrons. The number of fused-ring (bicyclic) bond motifs is 1. The summed E-state index contributed by atoms with van der Waals surface area (Å²) < 4.78 is 10.8. The highest BCUT2D eigenvalue weighted by molar-refractivity contribution is 5.97. The molecule has 4 aromatic rings. The molecule has 0 aliphatic carbocycles. The van der Waals surface area contributed by atoms with Gasteiger partial charge in [0.05, 0.1) is 19.7 Å². The summed E-state index contributed by atoms with van der Waals surface area (Å²) >= 11 is 0. The van der Waals surface area contributed by atoms with Gasteiger partial charge >= 0.3 is 0 Å². The maximum atomic E-state index is 11.6. The summed E-state index contributed by atoms with van der Waals surface area (Å²) in [6.45, 7) is 1.44. The summed E-state index contributed by atoms with van der Waals surface area (Å²) in [5, 5.41) is 3.56. The van der Waals surface area contributed by atoms with Crippen molar-refractivity contribution in [2.45, 2.75) is 6.92 Å². The van der Waals surface area contributed by atoms with Gasteiger partial charge in [-0.2, -0.15) is 4.98 Å². The fraction of sp³-hybridized carbons (Fsp3) is 0.160. The molecule has 0 aliphatic rings. The zero-order valence-corrected chi connectivity index (χ0v) is 18.4. The zero-order chi connectivity index (χ0) is 22.7. The maximum Gasteiger partial charge on any atom is 0.231 e. The molecule has 1 N–H and O–H groups in total. The Kier molecular flexibility index (Phi) is 5.89. The fourth-order valence-electron chi connectivity index (χ4n) is 3.55. The number of methoxy groups -OCH3 is 2. The average molecular weight is 428 g/mol. The molecule has 32 heavy (non-hydrogen) atoms. The van der Waals surface area contributed by atoms with Crippen LogP contribution in [0.5, 0.6) is 11.5 Å². The van der Waals surface area contributed by atoms with Gasteiger partial charge in [-0.1, -0.05) is 30.3 Å². The van der Waals surface area contributed by atoms with Crippen LogP contribution in [-0.4, -0.2) is 37.1 Å². The molecule has 7 nitrogen and oxygen atoms in total. The molecule has 0 radical (unpaired) electrons. The van der Waals surface area contributed by atoms with Crippen LogP contribution in [0.2, 0.25) is 0 Å². The van der Waals surface area contributed by atoms with E-state index >= 15 is 0 Å². The highest BCUT2D eigenvalue weighted by Crippen LogP contribution is 2.36. The SMILES string of the molecule is COc1ccc(-c2ccc3nc(NC(C)=O)nc(N(C)c4ccccc4)c3c2)cc1OC. The molecule has 7 heteroatoms. The second kappa shape index (κ2) is 8.93. The van der Waals surface area contributed by atoms with Crippen molar-refractivity contribution < 1.29 is 14.3 Å². The van der Waals surface area contributed by atoms with Crippen molar-refractivity contribution >= 4 is 34.3 Å². The zero-order valence-electron chi connectivity index (χ0n) is 18.4. The minimum Gasteiger partial charge on any atom is -0.493 e. The lowest BCUT2D eigenvalue weighted by Gasteiger charge is -2.21. The lowest BCUT2D eigenvalue weighted by molar-refractivity contribution is -0.114. The largest absolute Gasteiger partial charge is 0.493 e. The normalized spacial score (nSPS) is 10.6. The van der Waals surface area contributed by atoms with E-state index in [9.17, 15) is 4.79 Å². The number of carbonyl (C=O) groups is 1. The van der Waals surface area contributed by atoms with Crippen molar-refractivity contribution in [2.75, 3.05) is 31.5 Å². The van der Waals surface area contributed by atoms with Gasteiger partial charge in [0.2, 0.25) is 11.9 Å². The molecule has 0 saturated carbocycles. The molecular formula is C25H24N4O3. The Labute approximate surface area is 186 Å². The van der Waals surface area contributed by atoms with Crippen LogP contribution in [0, 0.1) is 0 Å². The van der Waals surface area contributed by atoms with Gasteiger partial charge in [-0.05, 0) is 47.5 Å². The van der Waals surface area contributed by atoms with Crippen LogP contribution in [0.15, 0.2) is 66.7 Å². The van der Waals surface area contributed by atoms with E-state index in [1.165, 1.54) is 6.92 Å². The van der Waals surface area contributed by atoms with Gasteiger partial charge in [-0.25, -0.2) is 4.98 Å². The highest BCUT2D eigenvalue weighted by Gasteiger charge is 2.15. The van der Waals surface area contributed by atoms with E-state index in [2.05, 4.69) is 15.3 Å². The number of nitrogens with one attached hydrogen (secondary N) is 1. The molecule has 0 fully saturated rings. The topological polar surface area (TPSA) is 76.6 Å². The summed E-state index contributed by atoms with van der Waals surface area (Å²) in [4.78, 5) is 22.8. The number of hydrogen-bond acceptors (Lipinski definition) is 6. The van der Waals surface area contributed by atoms with Crippen molar-refractivity contribution in [3.05, 3.63) is 66.7 Å². The number of hydrogen-bond donors (Lipinski definition) is 1. The molecule has 0 aliphatic heterocycles. The van der Waals surface area contributed by atoms with Gasteiger partial charge in [0, 0.05) is 25.0 Å². The molecule has 1 heterocycles. The van der Waals surface area contributed by atoms with E-state index in [-0.39, 0.29) is 11.9 Å². The number of carbonyl (C=O) groups excluding carboxylic acids is 1. The molecule has 0 atom stereocenters. The van der Waals surface area contributed by atoms with Crippen LogP contribution >= 0.6 is 0 Å². The molecule has 0 unspecified atom stereocenters. The Hall–Kier alpha value is -4.13. The quantitative estimate of drug-likeness (QED) is 0.464. The first-order chi connectivity index (χ1) is 15.5. The van der Waals surface area contributed by atoms with Crippen molar-refractivity contribution in [3.8, 4) is 22.6 Å². The predicted octanol–water partition coefficient (Wildman–Crippen LogP) is 5.04. The van der Waals surface area contributed by atoms with Crippen molar-refractivity contribution in [3.63, 3.8) is 0 Å². The van der Waals surface area contributed by atoms with Gasteiger partial charge < -0.3 is 14.4 Å². The lowest BCUT2D eigenvalue weighted by atomic mass is 10.0. The standard InChI is InChI=1S/C25H24N4O3/c1-16(30)26-25-27-21-12-10-17(18-11-13-22(31-3)23(15-18)32-4)14-20(21)24(28-25)29(2)19-8-6-5-7-9-19/h5-15H,1-4H3,(H,26,27,28,30). The van der Waals surface area contributed by atoms with Crippen LogP contribution in [0.3, 0.4) is 0 Å². The van der Waals surface area contributed by atoms with Crippen LogP contribution in [0.4, 0.5) is 17.5 Å². The van der Waals surface area contributed by atoms with Crippen LogP contribution in [-0.2, 0) is 4.79 Å². The summed E-state index contributed by atoms with van der Waals surface area (Å²) in [7, 11) is 5.17. The number of nitrogens with zero attached hydrogens (tertiary/aromatic N) is 3. The third-order valence-corrected chi connectivity index (χ3v) is 5.14. The van der Waals surface area contributed by atoms with E-state index in [1.807, 2.05) is 78.7 Å². The number of amides is 1. The maximum absolute atomic E-state index is 11.6. The van der Waals surface area contributed by atoms with E-state index in [0.717, 1.165) is 27.7 Å². The van der Waals surface area contributed by atoms with Crippen molar-refractivity contribution in [2.24, 2.45) is 0 Å². The molecule has 4 rings (SSSR count). The molecule has 0 spiro atoms. The number of benzene rings is 3. The van der Waals surface area contributed by atoms with Crippen LogP contribution in [0.1, 0.15) is 6.92 Å². The van der Waals surface area contributed by atoms with Crippen molar-refractivity contribution in [1.82, 2.24) is 9.97 Å². The summed E-state index contributed by atoms with van der Waals surface area (Å²) in [6, 6.07) is 21.7. The lowest BCUT2D eigenvalue weighted by Crippen LogP contribution is -2.15. The smallest absolute Gasteiger partial charge is 0.231 e. The first-order valence-electron chi connectivity index (χ1n) is 10.1. The minimum absolute atomic E-state index is 0.223. The van der Waals surface area contributed by atoms with Gasteiger partial charge in [0.15, 0.2) is 11.5 Å². The second-order valence-corrected chi connectivity index (χ2v) is 7.25. The average Bonchev–Trinajstić information content (AvgIpc) is 2.82. The Morgan fingerprint density at radius 1 is 0.875 bits per heavy atom. The number of para-hydroxylation sites is 1. The molecule has 0 bridgehead atoms. The highest BCUT2D eigenvalue weighted by atomic mass is 16.5. The first kappa shape index (κ1) is 21.1. The monoisotopic (exact) mass is 428 g/mol. The first-order valence-corrected chi connectivity index (χ1v) is 10.1. The third-order valence-electron chi connectivity index (χ3n) is 5.14. The summed E-state index contributed by atoms with van der Waals surface area (Å²) in [5.74, 6) is 2.06. The molecule has 0 saturated heterocycles. The van der Waals surface area contributed by atoms with Gasteiger partial charge in [-0.15, -0.1) is 0 Å². The fourth-order valence-corrected chi connectivity index (χ4v) is 3.55. The number of aromatic nitrogens is 2. The molecule has 1 amide bonds. The molecule has 1 aromatic heterocycles. The third kappa shape index (κ3) is 4.18. The van der Waals surface area contributed by atoms with E-state index in [0.29, 0.717) is 17.3 Å². The molecule has 3 aromatic carbocycles. The van der Waals surface area contributed by atoms with E-state index in [4.69, 9.17) is 9.47 Å². The van der Waals surface area contributed by atoms with Gasteiger partial charge in [0.1, 0.15) is 5.82 Å². The number of rotatable bonds is 6. The number of ether oxygens (including phenoxy) is 2. The van der Waals surface area contributed by atoms with Crippen LogP contribution < -0.4 is 19.7 Å². The minimum atomic E-state index is -0.223. The Balaban J connectivity index is 1.88. The second-order valence-electron chi connectivity index (χ2n) is 7.25. The van der Waals surface area contributed by atoms with Gasteiger partial charge in [0.25, 0.3) is 0 Å². The van der Waals surface area contributed by atoms with Crippen LogP contribution in [0.25, 0.3) is 22.0 Å². The van der Waals surface area contributed by atoms with E-state index < -0.39 is 0 Å².